The number of ether oxygens (including phenoxy) is 1. The summed E-state index contributed by atoms with van der Waals surface area (Å²) in [5, 5.41) is 3.82. The van der Waals surface area contributed by atoms with Crippen molar-refractivity contribution in [3.63, 3.8) is 0 Å². The fraction of sp³-hybridized carbons (Fsp3) is 0.467. The summed E-state index contributed by atoms with van der Waals surface area (Å²) >= 11 is 0. The second-order valence-electron chi connectivity index (χ2n) is 5.44. The van der Waals surface area contributed by atoms with E-state index in [-0.39, 0.29) is 24.3 Å². The molecule has 5 nitrogen and oxygen atoms in total. The van der Waals surface area contributed by atoms with Crippen LogP contribution in [-0.2, 0) is 13.0 Å². The lowest BCUT2D eigenvalue weighted by Gasteiger charge is -2.08. The van der Waals surface area contributed by atoms with E-state index in [1.54, 1.807) is 12.1 Å². The van der Waals surface area contributed by atoms with Gasteiger partial charge in [0, 0.05) is 12.0 Å². The highest BCUT2D eigenvalue weighted by Gasteiger charge is 2.12. The summed E-state index contributed by atoms with van der Waals surface area (Å²) in [7, 11) is 0. The number of hydrogen-bond donors (Lipinski definition) is 1. The zero-order chi connectivity index (χ0) is 15.4. The van der Waals surface area contributed by atoms with Crippen molar-refractivity contribution in [1.29, 1.82) is 0 Å². The number of nitrogens with two attached hydrogens (primary N) is 1. The smallest absolute Gasteiger partial charge is 0.264 e. The molecule has 1 atom stereocenters. The molecule has 0 bridgehead atoms. The summed E-state index contributed by atoms with van der Waals surface area (Å²) in [6.45, 7) is 5.85. The predicted molar refractivity (Wildman–Crippen MR) is 76.5 cm³/mol. The van der Waals surface area contributed by atoms with Crippen LogP contribution in [-0.4, -0.2) is 16.2 Å². The van der Waals surface area contributed by atoms with E-state index in [9.17, 15) is 4.39 Å². The number of benzene rings is 1. The Balaban J connectivity index is 1.99. The number of rotatable bonds is 6. The Hall–Kier alpha value is -1.95. The van der Waals surface area contributed by atoms with Crippen LogP contribution in [0.4, 0.5) is 4.39 Å². The van der Waals surface area contributed by atoms with Gasteiger partial charge in [-0.3, -0.25) is 0 Å². The second kappa shape index (κ2) is 6.67. The van der Waals surface area contributed by atoms with Gasteiger partial charge in [0.15, 0.2) is 24.0 Å². The van der Waals surface area contributed by atoms with Crippen molar-refractivity contribution in [2.75, 3.05) is 0 Å². The number of halogens is 1. The highest BCUT2D eigenvalue weighted by molar-refractivity contribution is 5.29. The molecule has 0 radical (unpaired) electrons. The molecule has 0 fully saturated rings. The molecule has 0 aliphatic rings. The van der Waals surface area contributed by atoms with Crippen molar-refractivity contribution < 1.29 is 13.7 Å². The van der Waals surface area contributed by atoms with Crippen molar-refractivity contribution in [3.05, 3.63) is 41.3 Å². The van der Waals surface area contributed by atoms with Gasteiger partial charge in [-0.05, 0) is 31.0 Å². The minimum Gasteiger partial charge on any atom is -0.481 e. The maximum atomic E-state index is 13.9. The quantitative estimate of drug-likeness (QED) is 0.886. The minimum absolute atomic E-state index is 0.0102. The molecule has 1 aromatic carbocycles. The normalized spacial score (nSPS) is 12.7. The molecule has 6 heteroatoms. The summed E-state index contributed by atoms with van der Waals surface area (Å²) in [5.41, 5.74) is 6.53. The molecule has 114 valence electrons. The zero-order valence-electron chi connectivity index (χ0n) is 12.5. The molecule has 2 aromatic rings. The molecule has 0 aliphatic heterocycles. The lowest BCUT2D eigenvalue weighted by molar-refractivity contribution is 0.234. The van der Waals surface area contributed by atoms with Crippen LogP contribution < -0.4 is 10.5 Å². The van der Waals surface area contributed by atoms with Gasteiger partial charge in [0.1, 0.15) is 0 Å². The van der Waals surface area contributed by atoms with Crippen LogP contribution in [0.2, 0.25) is 0 Å². The van der Waals surface area contributed by atoms with E-state index >= 15 is 0 Å². The summed E-state index contributed by atoms with van der Waals surface area (Å²) in [4.78, 5) is 4.17. The molecule has 1 heterocycles. The molecule has 1 unspecified atom stereocenters. The van der Waals surface area contributed by atoms with Crippen LogP contribution in [0.3, 0.4) is 0 Å². The first-order valence-electron chi connectivity index (χ1n) is 6.95. The Kier molecular flexibility index (Phi) is 4.90. The molecular weight excluding hydrogens is 273 g/mol. The van der Waals surface area contributed by atoms with Gasteiger partial charge < -0.3 is 15.0 Å². The lowest BCUT2D eigenvalue weighted by atomic mass is 10.1. The predicted octanol–water partition coefficient (Wildman–Crippen LogP) is 2.80. The van der Waals surface area contributed by atoms with Crippen molar-refractivity contribution in [2.24, 2.45) is 5.73 Å². The third kappa shape index (κ3) is 4.26. The van der Waals surface area contributed by atoms with E-state index in [0.717, 1.165) is 5.56 Å². The average molecular weight is 293 g/mol. The molecule has 2 rings (SSSR count). The van der Waals surface area contributed by atoms with Crippen LogP contribution in [0.15, 0.2) is 22.7 Å². The summed E-state index contributed by atoms with van der Waals surface area (Å²) in [6, 6.07) is 4.82. The first kappa shape index (κ1) is 15.4. The molecule has 0 saturated carbocycles. The maximum Gasteiger partial charge on any atom is 0.264 e. The second-order valence-corrected chi connectivity index (χ2v) is 5.44. The fourth-order valence-electron chi connectivity index (χ4n) is 1.86. The molecule has 0 amide bonds. The third-order valence-corrected chi connectivity index (χ3v) is 2.91. The fourth-order valence-corrected chi connectivity index (χ4v) is 1.86. The van der Waals surface area contributed by atoms with Gasteiger partial charge in [-0.25, -0.2) is 4.39 Å². The van der Waals surface area contributed by atoms with Crippen molar-refractivity contribution in [2.45, 2.75) is 45.8 Å². The SMILES string of the molecule is CC(N)Cc1ccc(OCc2nc(C(C)C)no2)c(F)c1. The summed E-state index contributed by atoms with van der Waals surface area (Å²) in [6.07, 6.45) is 0.624. The van der Waals surface area contributed by atoms with Crippen molar-refractivity contribution >= 4 is 0 Å². The molecule has 0 aliphatic carbocycles. The number of nitrogens with zero attached hydrogens (tertiary/aromatic N) is 2. The summed E-state index contributed by atoms with van der Waals surface area (Å²) < 4.78 is 24.3. The van der Waals surface area contributed by atoms with Gasteiger partial charge in [0.05, 0.1) is 0 Å². The van der Waals surface area contributed by atoms with Crippen LogP contribution in [0.5, 0.6) is 5.75 Å². The molecule has 21 heavy (non-hydrogen) atoms. The topological polar surface area (TPSA) is 74.2 Å². The summed E-state index contributed by atoms with van der Waals surface area (Å²) in [5.74, 6) is 0.861. The van der Waals surface area contributed by atoms with Crippen molar-refractivity contribution in [1.82, 2.24) is 10.1 Å². The van der Waals surface area contributed by atoms with E-state index in [2.05, 4.69) is 10.1 Å². The van der Waals surface area contributed by atoms with Crippen molar-refractivity contribution in [3.8, 4) is 5.75 Å². The monoisotopic (exact) mass is 293 g/mol. The first-order valence-corrected chi connectivity index (χ1v) is 6.95. The number of aromatic nitrogens is 2. The Morgan fingerprint density at radius 3 is 2.67 bits per heavy atom. The van der Waals surface area contributed by atoms with Crippen LogP contribution in [0.25, 0.3) is 0 Å². The Morgan fingerprint density at radius 1 is 1.33 bits per heavy atom. The highest BCUT2D eigenvalue weighted by atomic mass is 19.1. The van der Waals surface area contributed by atoms with Gasteiger partial charge >= 0.3 is 0 Å². The highest BCUT2D eigenvalue weighted by Crippen LogP contribution is 2.20. The van der Waals surface area contributed by atoms with Gasteiger partial charge in [0.2, 0.25) is 0 Å². The van der Waals surface area contributed by atoms with E-state index < -0.39 is 5.82 Å². The van der Waals surface area contributed by atoms with Gasteiger partial charge in [-0.1, -0.05) is 25.1 Å². The van der Waals surface area contributed by atoms with Gasteiger partial charge in [0.25, 0.3) is 5.89 Å². The van der Waals surface area contributed by atoms with Gasteiger partial charge in [-0.15, -0.1) is 0 Å². The Morgan fingerprint density at radius 2 is 2.10 bits per heavy atom. The van der Waals surface area contributed by atoms with Crippen LogP contribution in [0, 0.1) is 5.82 Å². The van der Waals surface area contributed by atoms with Gasteiger partial charge in [-0.2, -0.15) is 4.98 Å². The Labute approximate surface area is 123 Å². The molecule has 0 saturated heterocycles. The lowest BCUT2D eigenvalue weighted by Crippen LogP contribution is -2.17. The van der Waals surface area contributed by atoms with E-state index in [1.807, 2.05) is 20.8 Å². The largest absolute Gasteiger partial charge is 0.481 e. The molecule has 0 spiro atoms. The first-order chi connectivity index (χ1) is 9.95. The van der Waals surface area contributed by atoms with E-state index in [0.29, 0.717) is 18.1 Å². The maximum absolute atomic E-state index is 13.9. The molecule has 1 aromatic heterocycles. The minimum atomic E-state index is -0.420. The Bertz CT molecular complexity index is 596. The van der Waals surface area contributed by atoms with E-state index in [1.165, 1.54) is 6.07 Å². The number of hydrogen-bond acceptors (Lipinski definition) is 5. The third-order valence-electron chi connectivity index (χ3n) is 2.91. The molecular formula is C15H20FN3O2. The zero-order valence-corrected chi connectivity index (χ0v) is 12.5. The van der Waals surface area contributed by atoms with E-state index in [4.69, 9.17) is 15.0 Å². The van der Waals surface area contributed by atoms with Crippen LogP contribution in [0.1, 0.15) is 44.0 Å². The average Bonchev–Trinajstić information content (AvgIpc) is 2.86. The molecule has 2 N–H and O–H groups in total. The standard InChI is InChI=1S/C15H20FN3O2/c1-9(2)15-18-14(21-19-15)8-20-13-5-4-11(6-10(3)17)7-12(13)16/h4-5,7,9-10H,6,8,17H2,1-3H3. The van der Waals surface area contributed by atoms with Crippen LogP contribution >= 0.6 is 0 Å².